The van der Waals surface area contributed by atoms with Crippen molar-refractivity contribution in [3.63, 3.8) is 0 Å². The first-order chi connectivity index (χ1) is 30.2. The van der Waals surface area contributed by atoms with Crippen LogP contribution in [0.25, 0.3) is 0 Å². The lowest BCUT2D eigenvalue weighted by atomic mass is 10.0. The van der Waals surface area contributed by atoms with Crippen LogP contribution in [0.2, 0.25) is 0 Å². The van der Waals surface area contributed by atoms with Crippen molar-refractivity contribution in [1.82, 2.24) is 0 Å². The zero-order valence-corrected chi connectivity index (χ0v) is 42.5. The second-order valence-corrected chi connectivity index (χ2v) is 20.2. The third kappa shape index (κ3) is 49.4. The summed E-state index contributed by atoms with van der Waals surface area (Å²) in [6.45, 7) is 11.4. The number of ether oxygens (including phenoxy) is 3. The molecule has 0 aliphatic heterocycles. The Labute approximate surface area is 387 Å². The molecule has 0 saturated carbocycles. The highest BCUT2D eigenvalue weighted by Gasteiger charge is 2.19. The molecule has 0 spiro atoms. The molecule has 0 rings (SSSR count). The number of hydrogen-bond donors (Lipinski definition) is 0. The lowest BCUT2D eigenvalue weighted by Gasteiger charge is -2.18. The van der Waals surface area contributed by atoms with Crippen molar-refractivity contribution in [2.45, 2.75) is 317 Å². The smallest absolute Gasteiger partial charge is 0.306 e. The molecular formula is C56H108O6. The number of carbonyl (C=O) groups is 3. The van der Waals surface area contributed by atoms with Crippen molar-refractivity contribution in [2.24, 2.45) is 11.8 Å². The van der Waals surface area contributed by atoms with Gasteiger partial charge >= 0.3 is 17.9 Å². The predicted molar refractivity (Wildman–Crippen MR) is 266 cm³/mol. The number of hydrogen-bond acceptors (Lipinski definition) is 6. The van der Waals surface area contributed by atoms with Crippen LogP contribution in [0.4, 0.5) is 0 Å². The van der Waals surface area contributed by atoms with E-state index in [1.165, 1.54) is 199 Å². The molecule has 0 aromatic carbocycles. The van der Waals surface area contributed by atoms with Gasteiger partial charge in [-0.1, -0.05) is 272 Å². The Morgan fingerprint density at radius 3 is 0.790 bits per heavy atom. The van der Waals surface area contributed by atoms with Crippen LogP contribution in [-0.4, -0.2) is 37.2 Å². The fraction of sp³-hybridized carbons (Fsp3) is 0.946. The second kappa shape index (κ2) is 48.9. The van der Waals surface area contributed by atoms with Crippen LogP contribution >= 0.6 is 0 Å². The Bertz CT molecular complexity index is 947. The van der Waals surface area contributed by atoms with Crippen LogP contribution in [0.3, 0.4) is 0 Å². The molecular weight excluding hydrogens is 769 g/mol. The highest BCUT2D eigenvalue weighted by atomic mass is 16.6. The van der Waals surface area contributed by atoms with E-state index in [0.717, 1.165) is 69.6 Å². The van der Waals surface area contributed by atoms with Crippen molar-refractivity contribution in [3.05, 3.63) is 0 Å². The maximum atomic E-state index is 12.8. The van der Waals surface area contributed by atoms with Gasteiger partial charge in [-0.3, -0.25) is 14.4 Å². The maximum Gasteiger partial charge on any atom is 0.306 e. The lowest BCUT2D eigenvalue weighted by Crippen LogP contribution is -2.30. The summed E-state index contributed by atoms with van der Waals surface area (Å²) in [5, 5.41) is 0. The van der Waals surface area contributed by atoms with Crippen molar-refractivity contribution in [1.29, 1.82) is 0 Å². The Morgan fingerprint density at radius 1 is 0.306 bits per heavy atom. The van der Waals surface area contributed by atoms with E-state index in [4.69, 9.17) is 14.2 Å². The SMILES string of the molecule is CCCCCCCCCCCCCCC(=O)OC[C@H](COC(=O)CCCCCCCCCCCCCC(C)C)OC(=O)CCCCCCCCCCCCCCCCCC(C)C. The molecule has 0 aliphatic carbocycles. The standard InChI is InChI=1S/C56H108O6/c1-6-7-8-9-10-11-12-21-26-31-36-41-46-54(57)60-49-53(50-61-55(58)47-42-37-32-27-23-18-20-25-30-35-40-45-52(4)5)62-56(59)48-43-38-33-28-22-17-15-13-14-16-19-24-29-34-39-44-51(2)3/h51-53H,6-50H2,1-5H3/t53-/m1/s1. The van der Waals surface area contributed by atoms with Crippen LogP contribution in [0, 0.1) is 11.8 Å². The largest absolute Gasteiger partial charge is 0.462 e. The summed E-state index contributed by atoms with van der Waals surface area (Å²) in [6, 6.07) is 0. The van der Waals surface area contributed by atoms with Crippen molar-refractivity contribution >= 4 is 17.9 Å². The molecule has 0 heterocycles. The Morgan fingerprint density at radius 2 is 0.532 bits per heavy atom. The van der Waals surface area contributed by atoms with Gasteiger partial charge in [0.15, 0.2) is 6.10 Å². The minimum atomic E-state index is -0.762. The van der Waals surface area contributed by atoms with Gasteiger partial charge in [0.25, 0.3) is 0 Å². The van der Waals surface area contributed by atoms with Gasteiger partial charge in [-0.25, -0.2) is 0 Å². The summed E-state index contributed by atoms with van der Waals surface area (Å²) in [7, 11) is 0. The fourth-order valence-corrected chi connectivity index (χ4v) is 8.52. The summed E-state index contributed by atoms with van der Waals surface area (Å²) >= 11 is 0. The average molecular weight is 877 g/mol. The first-order valence-corrected chi connectivity index (χ1v) is 27.7. The first kappa shape index (κ1) is 60.4. The van der Waals surface area contributed by atoms with E-state index in [9.17, 15) is 14.4 Å². The van der Waals surface area contributed by atoms with Crippen LogP contribution in [-0.2, 0) is 28.6 Å². The van der Waals surface area contributed by atoms with Crippen LogP contribution < -0.4 is 0 Å². The summed E-state index contributed by atoms with van der Waals surface area (Å²) < 4.78 is 16.9. The fourth-order valence-electron chi connectivity index (χ4n) is 8.52. The van der Waals surface area contributed by atoms with E-state index < -0.39 is 6.10 Å². The van der Waals surface area contributed by atoms with Gasteiger partial charge < -0.3 is 14.2 Å². The molecule has 368 valence electrons. The second-order valence-electron chi connectivity index (χ2n) is 20.2. The zero-order chi connectivity index (χ0) is 45.4. The molecule has 62 heavy (non-hydrogen) atoms. The third-order valence-corrected chi connectivity index (χ3v) is 12.7. The molecule has 0 amide bonds. The molecule has 0 unspecified atom stereocenters. The Hall–Kier alpha value is -1.59. The topological polar surface area (TPSA) is 78.9 Å². The third-order valence-electron chi connectivity index (χ3n) is 12.7. The van der Waals surface area contributed by atoms with E-state index in [0.29, 0.717) is 19.3 Å². The van der Waals surface area contributed by atoms with Crippen LogP contribution in [0.1, 0.15) is 311 Å². The summed E-state index contributed by atoms with van der Waals surface area (Å²) in [6.07, 6.45) is 50.9. The number of rotatable bonds is 50. The molecule has 0 aliphatic rings. The van der Waals surface area contributed by atoms with Crippen molar-refractivity contribution < 1.29 is 28.6 Å². The summed E-state index contributed by atoms with van der Waals surface area (Å²) in [5.41, 5.74) is 0. The van der Waals surface area contributed by atoms with E-state index in [2.05, 4.69) is 34.6 Å². The predicted octanol–water partition coefficient (Wildman–Crippen LogP) is 18.1. The van der Waals surface area contributed by atoms with E-state index in [-0.39, 0.29) is 31.1 Å². The summed E-state index contributed by atoms with van der Waals surface area (Å²) in [4.78, 5) is 38.0. The van der Waals surface area contributed by atoms with Gasteiger partial charge in [-0.2, -0.15) is 0 Å². The van der Waals surface area contributed by atoms with Gasteiger partial charge in [0.1, 0.15) is 13.2 Å². The van der Waals surface area contributed by atoms with Gasteiger partial charge in [0.05, 0.1) is 0 Å². The van der Waals surface area contributed by atoms with E-state index in [1.54, 1.807) is 0 Å². The number of carbonyl (C=O) groups excluding carboxylic acids is 3. The highest BCUT2D eigenvalue weighted by Crippen LogP contribution is 2.18. The Kier molecular flexibility index (Phi) is 47.6. The minimum absolute atomic E-state index is 0.0630. The summed E-state index contributed by atoms with van der Waals surface area (Å²) in [5.74, 6) is 0.832. The molecule has 0 aromatic rings. The zero-order valence-electron chi connectivity index (χ0n) is 42.5. The van der Waals surface area contributed by atoms with E-state index in [1.807, 2.05) is 0 Å². The van der Waals surface area contributed by atoms with Gasteiger partial charge in [0.2, 0.25) is 0 Å². The molecule has 1 atom stereocenters. The molecule has 0 radical (unpaired) electrons. The molecule has 0 aromatic heterocycles. The molecule has 0 bridgehead atoms. The van der Waals surface area contributed by atoms with Crippen molar-refractivity contribution in [2.75, 3.05) is 13.2 Å². The maximum absolute atomic E-state index is 12.8. The molecule has 0 fully saturated rings. The molecule has 0 saturated heterocycles. The van der Waals surface area contributed by atoms with Gasteiger partial charge in [-0.15, -0.1) is 0 Å². The Balaban J connectivity index is 4.29. The monoisotopic (exact) mass is 877 g/mol. The minimum Gasteiger partial charge on any atom is -0.462 e. The molecule has 0 N–H and O–H groups in total. The quantitative estimate of drug-likeness (QED) is 0.0344. The molecule has 6 heteroatoms. The number of unbranched alkanes of at least 4 members (excludes halogenated alkanes) is 35. The number of esters is 3. The van der Waals surface area contributed by atoms with Gasteiger partial charge in [0, 0.05) is 19.3 Å². The van der Waals surface area contributed by atoms with Gasteiger partial charge in [-0.05, 0) is 31.1 Å². The average Bonchev–Trinajstić information content (AvgIpc) is 3.24. The normalized spacial score (nSPS) is 12.0. The van der Waals surface area contributed by atoms with E-state index >= 15 is 0 Å². The first-order valence-electron chi connectivity index (χ1n) is 27.7. The van der Waals surface area contributed by atoms with Crippen LogP contribution in [0.15, 0.2) is 0 Å². The van der Waals surface area contributed by atoms with Crippen molar-refractivity contribution in [3.8, 4) is 0 Å². The lowest BCUT2D eigenvalue weighted by molar-refractivity contribution is -0.167. The molecule has 6 nitrogen and oxygen atoms in total. The van der Waals surface area contributed by atoms with Crippen LogP contribution in [0.5, 0.6) is 0 Å². The highest BCUT2D eigenvalue weighted by molar-refractivity contribution is 5.71.